The molecule has 1 aliphatic rings. The average Bonchev–Trinajstić information content (AvgIpc) is 3.20. The van der Waals surface area contributed by atoms with E-state index in [1.54, 1.807) is 0 Å². The summed E-state index contributed by atoms with van der Waals surface area (Å²) in [5, 5.41) is 33.0. The Hall–Kier alpha value is -2.40. The van der Waals surface area contributed by atoms with Crippen molar-refractivity contribution in [2.45, 2.75) is 65.6 Å². The molecule has 1 fully saturated rings. The SMILES string of the molecule is CC(=O)c1cn([C@@H]2O[C@H](CO)[C@H](O)C2O)c2ncnc(NC(=O)C(C)(C)CC(C)C)c12. The van der Waals surface area contributed by atoms with E-state index in [0.29, 0.717) is 17.7 Å². The fourth-order valence-corrected chi connectivity index (χ4v) is 4.14. The van der Waals surface area contributed by atoms with Gasteiger partial charge < -0.3 is 29.9 Å². The number of carbonyl (C=O) groups excluding carboxylic acids is 2. The Morgan fingerprint density at radius 2 is 1.94 bits per heavy atom. The second-order valence-electron chi connectivity index (χ2n) is 9.09. The number of nitrogens with zero attached hydrogens (tertiary/aromatic N) is 3. The molecule has 0 aliphatic carbocycles. The Balaban J connectivity index is 2.06. The zero-order valence-electron chi connectivity index (χ0n) is 18.4. The van der Waals surface area contributed by atoms with Crippen LogP contribution in [0.3, 0.4) is 0 Å². The van der Waals surface area contributed by atoms with Crippen LogP contribution < -0.4 is 5.32 Å². The molecule has 2 aromatic rings. The summed E-state index contributed by atoms with van der Waals surface area (Å²) in [7, 11) is 0. The Morgan fingerprint density at radius 1 is 1.26 bits per heavy atom. The number of amides is 1. The summed E-state index contributed by atoms with van der Waals surface area (Å²) in [4.78, 5) is 33.7. The predicted octanol–water partition coefficient (Wildman–Crippen LogP) is 1.26. The molecule has 4 atom stereocenters. The number of hydrogen-bond donors (Lipinski definition) is 4. The predicted molar refractivity (Wildman–Crippen MR) is 112 cm³/mol. The van der Waals surface area contributed by atoms with Crippen LogP contribution in [0.4, 0.5) is 5.82 Å². The third-order valence-electron chi connectivity index (χ3n) is 5.55. The van der Waals surface area contributed by atoms with E-state index in [9.17, 15) is 24.9 Å². The number of anilines is 1. The van der Waals surface area contributed by atoms with Gasteiger partial charge in [-0.2, -0.15) is 0 Å². The molecule has 0 bridgehead atoms. The molecule has 1 saturated heterocycles. The number of ether oxygens (including phenoxy) is 1. The van der Waals surface area contributed by atoms with Gasteiger partial charge in [-0.3, -0.25) is 9.59 Å². The minimum atomic E-state index is -1.34. The first kappa shape index (κ1) is 23.3. The molecule has 10 nitrogen and oxygen atoms in total. The van der Waals surface area contributed by atoms with Crippen molar-refractivity contribution < 1.29 is 29.6 Å². The molecule has 0 spiro atoms. The van der Waals surface area contributed by atoms with Gasteiger partial charge in [-0.25, -0.2) is 9.97 Å². The van der Waals surface area contributed by atoms with Crippen LogP contribution in [0.5, 0.6) is 0 Å². The van der Waals surface area contributed by atoms with Crippen LogP contribution in [0, 0.1) is 11.3 Å². The van der Waals surface area contributed by atoms with Gasteiger partial charge in [-0.05, 0) is 19.3 Å². The van der Waals surface area contributed by atoms with Crippen LogP contribution in [0.1, 0.15) is 57.6 Å². The highest BCUT2D eigenvalue weighted by molar-refractivity contribution is 6.12. The van der Waals surface area contributed by atoms with Crippen LogP contribution in [0.25, 0.3) is 11.0 Å². The molecular formula is C21H30N4O6. The topological polar surface area (TPSA) is 147 Å². The maximum absolute atomic E-state index is 12.9. The quantitative estimate of drug-likeness (QED) is 0.476. The van der Waals surface area contributed by atoms with Crippen LogP contribution in [-0.2, 0) is 9.53 Å². The molecule has 1 unspecified atom stereocenters. The number of nitrogens with one attached hydrogen (secondary N) is 1. The number of ketones is 1. The summed E-state index contributed by atoms with van der Waals surface area (Å²) in [6.45, 7) is 8.65. The lowest BCUT2D eigenvalue weighted by molar-refractivity contribution is -0.124. The first-order valence-electron chi connectivity index (χ1n) is 10.3. The molecular weight excluding hydrogens is 404 g/mol. The van der Waals surface area contributed by atoms with Crippen molar-refractivity contribution in [3.05, 3.63) is 18.1 Å². The highest BCUT2D eigenvalue weighted by Gasteiger charge is 2.44. The second kappa shape index (κ2) is 8.62. The third kappa shape index (κ3) is 4.33. The van der Waals surface area contributed by atoms with Gasteiger partial charge in [0.2, 0.25) is 5.91 Å². The van der Waals surface area contributed by atoms with Crippen LogP contribution >= 0.6 is 0 Å². The molecule has 3 heterocycles. The Bertz CT molecular complexity index is 986. The first-order valence-corrected chi connectivity index (χ1v) is 10.3. The highest BCUT2D eigenvalue weighted by Crippen LogP contribution is 2.36. The van der Waals surface area contributed by atoms with Crippen LogP contribution in [-0.4, -0.2) is 66.5 Å². The van der Waals surface area contributed by atoms with E-state index in [1.165, 1.54) is 24.0 Å². The number of rotatable bonds is 7. The maximum Gasteiger partial charge on any atom is 0.231 e. The standard InChI is InChI=1S/C21H30N4O6/c1-10(2)6-21(4,5)20(30)24-17-14-12(11(3)27)7-25(18(14)23-9-22-17)19-16(29)15(28)13(8-26)31-19/h7,9-10,13,15-16,19,26,28-29H,6,8H2,1-5H3,(H,22,23,24,30)/t13-,15+,16?,19-/m1/s1. The lowest BCUT2D eigenvalue weighted by Crippen LogP contribution is -2.33. The average molecular weight is 434 g/mol. The summed E-state index contributed by atoms with van der Waals surface area (Å²) in [6.07, 6.45) is -1.33. The molecule has 170 valence electrons. The van der Waals surface area contributed by atoms with Gasteiger partial charge in [0.1, 0.15) is 36.1 Å². The van der Waals surface area contributed by atoms with Crippen molar-refractivity contribution in [3.8, 4) is 0 Å². The molecule has 2 aromatic heterocycles. The summed E-state index contributed by atoms with van der Waals surface area (Å²) in [5.74, 6) is -0.0342. The molecule has 1 aliphatic heterocycles. The van der Waals surface area contributed by atoms with Crippen LogP contribution in [0.15, 0.2) is 12.5 Å². The van der Waals surface area contributed by atoms with Gasteiger partial charge in [0.15, 0.2) is 12.0 Å². The minimum absolute atomic E-state index is 0.183. The van der Waals surface area contributed by atoms with Gasteiger partial charge in [0.05, 0.1) is 12.0 Å². The Kier molecular flexibility index (Phi) is 6.47. The zero-order chi connectivity index (χ0) is 23.1. The van der Waals surface area contributed by atoms with Crippen molar-refractivity contribution in [3.63, 3.8) is 0 Å². The number of aliphatic hydroxyl groups is 3. The van der Waals surface area contributed by atoms with E-state index in [1.807, 2.05) is 27.7 Å². The second-order valence-corrected chi connectivity index (χ2v) is 9.09. The Morgan fingerprint density at radius 3 is 2.48 bits per heavy atom. The van der Waals surface area contributed by atoms with Crippen molar-refractivity contribution in [1.82, 2.24) is 14.5 Å². The van der Waals surface area contributed by atoms with Crippen molar-refractivity contribution in [2.75, 3.05) is 11.9 Å². The van der Waals surface area contributed by atoms with Gasteiger partial charge >= 0.3 is 0 Å². The lowest BCUT2D eigenvalue weighted by atomic mass is 9.83. The van der Waals surface area contributed by atoms with Gasteiger partial charge in [-0.15, -0.1) is 0 Å². The van der Waals surface area contributed by atoms with Gasteiger partial charge in [-0.1, -0.05) is 27.7 Å². The van der Waals surface area contributed by atoms with Crippen molar-refractivity contribution in [2.24, 2.45) is 11.3 Å². The molecule has 0 aromatic carbocycles. The van der Waals surface area contributed by atoms with Crippen molar-refractivity contribution >= 4 is 28.5 Å². The minimum Gasteiger partial charge on any atom is -0.394 e. The summed E-state index contributed by atoms with van der Waals surface area (Å²) in [6, 6.07) is 0. The van der Waals surface area contributed by atoms with Gasteiger partial charge in [0, 0.05) is 17.2 Å². The lowest BCUT2D eigenvalue weighted by Gasteiger charge is -2.25. The van der Waals surface area contributed by atoms with Crippen molar-refractivity contribution in [1.29, 1.82) is 0 Å². The summed E-state index contributed by atoms with van der Waals surface area (Å²) >= 11 is 0. The summed E-state index contributed by atoms with van der Waals surface area (Å²) in [5.41, 5.74) is -0.162. The molecule has 10 heteroatoms. The highest BCUT2D eigenvalue weighted by atomic mass is 16.6. The molecule has 0 saturated carbocycles. The van der Waals surface area contributed by atoms with E-state index < -0.39 is 36.6 Å². The molecule has 0 radical (unpaired) electrons. The number of aromatic nitrogens is 3. The van der Waals surface area contributed by atoms with E-state index in [2.05, 4.69) is 15.3 Å². The van der Waals surface area contributed by atoms with E-state index in [0.717, 1.165) is 0 Å². The zero-order valence-corrected chi connectivity index (χ0v) is 18.4. The molecule has 1 amide bonds. The molecule has 3 rings (SSSR count). The number of hydrogen-bond acceptors (Lipinski definition) is 8. The van der Waals surface area contributed by atoms with E-state index >= 15 is 0 Å². The number of aliphatic hydroxyl groups excluding tert-OH is 3. The van der Waals surface area contributed by atoms with E-state index in [4.69, 9.17) is 4.74 Å². The number of fused-ring (bicyclic) bond motifs is 1. The number of carbonyl (C=O) groups is 2. The Labute approximate surface area is 180 Å². The maximum atomic E-state index is 12.9. The monoisotopic (exact) mass is 434 g/mol. The van der Waals surface area contributed by atoms with E-state index in [-0.39, 0.29) is 28.7 Å². The van der Waals surface area contributed by atoms with Crippen LogP contribution in [0.2, 0.25) is 0 Å². The number of Topliss-reactive ketones (excluding diaryl/α,β-unsaturated/α-hetero) is 1. The smallest absolute Gasteiger partial charge is 0.231 e. The summed E-state index contributed by atoms with van der Waals surface area (Å²) < 4.78 is 7.02. The first-order chi connectivity index (χ1) is 14.5. The largest absolute Gasteiger partial charge is 0.394 e. The van der Waals surface area contributed by atoms with Gasteiger partial charge in [0.25, 0.3) is 0 Å². The molecule has 31 heavy (non-hydrogen) atoms. The molecule has 4 N–H and O–H groups in total. The normalized spacial score (nSPS) is 24.2. The fraction of sp³-hybridized carbons (Fsp3) is 0.619. The third-order valence-corrected chi connectivity index (χ3v) is 5.55. The fourth-order valence-electron chi connectivity index (χ4n) is 4.14.